The van der Waals surface area contributed by atoms with Gasteiger partial charge >= 0.3 is 0 Å². The number of aryl methyl sites for hydroxylation is 2. The summed E-state index contributed by atoms with van der Waals surface area (Å²) in [5.41, 5.74) is 6.42. The van der Waals surface area contributed by atoms with E-state index in [0.29, 0.717) is 5.02 Å². The Balaban J connectivity index is 1.98. The van der Waals surface area contributed by atoms with Crippen molar-refractivity contribution in [1.29, 1.82) is 0 Å². The van der Waals surface area contributed by atoms with E-state index in [2.05, 4.69) is 46.5 Å². The Hall–Kier alpha value is -2.20. The number of aromatic nitrogens is 2. The van der Waals surface area contributed by atoms with Gasteiger partial charge in [-0.1, -0.05) is 17.7 Å². The molecule has 0 fully saturated rings. The minimum Gasteiger partial charge on any atom is -0.352 e. The molecule has 0 atom stereocenters. The number of anilines is 1. The van der Waals surface area contributed by atoms with Crippen molar-refractivity contribution < 1.29 is 0 Å². The van der Waals surface area contributed by atoms with E-state index in [1.807, 2.05) is 19.2 Å². The minimum atomic E-state index is 0.621. The Morgan fingerprint density at radius 3 is 2.62 bits per heavy atom. The Morgan fingerprint density at radius 2 is 1.96 bits per heavy atom. The van der Waals surface area contributed by atoms with E-state index in [9.17, 15) is 0 Å². The number of nitrogens with zero attached hydrogens (tertiary/aromatic N) is 4. The molecule has 0 unspecified atom stereocenters. The van der Waals surface area contributed by atoms with Crippen molar-refractivity contribution in [3.05, 3.63) is 51.9 Å². The van der Waals surface area contributed by atoms with Gasteiger partial charge in [0.05, 0.1) is 10.7 Å². The topological polar surface area (TPSA) is 41.4 Å². The quantitative estimate of drug-likeness (QED) is 0.767. The van der Waals surface area contributed by atoms with Gasteiger partial charge in [0.1, 0.15) is 5.82 Å². The lowest BCUT2D eigenvalue weighted by Crippen LogP contribution is -2.31. The molecule has 0 radical (unpaired) electrons. The Morgan fingerprint density at radius 1 is 1.17 bits per heavy atom. The third kappa shape index (κ3) is 3.20. The monoisotopic (exact) mass is 340 g/mol. The molecule has 2 aromatic heterocycles. The van der Waals surface area contributed by atoms with Crippen LogP contribution in [0.4, 0.5) is 5.82 Å². The SMILES string of the molecule is C=NC1=C(C)CN(c2cc(-c3ncc(C)cc3C)c(Cl)cn2)CC1. The summed E-state index contributed by atoms with van der Waals surface area (Å²) in [4.78, 5) is 15.4. The molecule has 3 heterocycles. The normalized spacial score (nSPS) is 14.9. The highest BCUT2D eigenvalue weighted by molar-refractivity contribution is 6.33. The van der Waals surface area contributed by atoms with Crippen LogP contribution in [0.2, 0.25) is 5.02 Å². The second-order valence-corrected chi connectivity index (χ2v) is 6.66. The van der Waals surface area contributed by atoms with Crippen molar-refractivity contribution in [2.24, 2.45) is 4.99 Å². The second-order valence-electron chi connectivity index (χ2n) is 6.26. The van der Waals surface area contributed by atoms with E-state index in [-0.39, 0.29) is 0 Å². The molecule has 124 valence electrons. The molecule has 1 aliphatic heterocycles. The first-order valence-electron chi connectivity index (χ1n) is 7.99. The van der Waals surface area contributed by atoms with Crippen LogP contribution in [0.1, 0.15) is 24.5 Å². The smallest absolute Gasteiger partial charge is 0.129 e. The molecule has 0 aromatic carbocycles. The molecule has 5 heteroatoms. The van der Waals surface area contributed by atoms with E-state index in [4.69, 9.17) is 11.6 Å². The number of rotatable bonds is 3. The minimum absolute atomic E-state index is 0.621. The van der Waals surface area contributed by atoms with Gasteiger partial charge in [-0.25, -0.2) is 4.98 Å². The summed E-state index contributed by atoms with van der Waals surface area (Å²) in [5, 5.41) is 0.621. The molecule has 4 nitrogen and oxygen atoms in total. The Labute approximate surface area is 147 Å². The zero-order valence-electron chi connectivity index (χ0n) is 14.3. The lowest BCUT2D eigenvalue weighted by atomic mass is 10.0. The lowest BCUT2D eigenvalue weighted by Gasteiger charge is -2.29. The zero-order chi connectivity index (χ0) is 17.3. The van der Waals surface area contributed by atoms with E-state index in [0.717, 1.165) is 53.4 Å². The van der Waals surface area contributed by atoms with Crippen LogP contribution < -0.4 is 4.90 Å². The molecule has 0 saturated heterocycles. The van der Waals surface area contributed by atoms with Crippen molar-refractivity contribution in [3.63, 3.8) is 0 Å². The maximum Gasteiger partial charge on any atom is 0.129 e. The van der Waals surface area contributed by atoms with Crippen molar-refractivity contribution >= 4 is 24.1 Å². The fraction of sp³-hybridized carbons (Fsp3) is 0.316. The van der Waals surface area contributed by atoms with E-state index in [1.54, 1.807) is 6.20 Å². The van der Waals surface area contributed by atoms with Gasteiger partial charge in [0.15, 0.2) is 0 Å². The molecular weight excluding hydrogens is 320 g/mol. The summed E-state index contributed by atoms with van der Waals surface area (Å²) in [6.45, 7) is 11.5. The van der Waals surface area contributed by atoms with Crippen LogP contribution in [-0.2, 0) is 0 Å². The van der Waals surface area contributed by atoms with Crippen molar-refractivity contribution in [1.82, 2.24) is 9.97 Å². The molecule has 0 saturated carbocycles. The van der Waals surface area contributed by atoms with Crippen LogP contribution in [0.15, 0.2) is 40.8 Å². The van der Waals surface area contributed by atoms with Crippen molar-refractivity contribution in [3.8, 4) is 11.3 Å². The molecule has 0 bridgehead atoms. The van der Waals surface area contributed by atoms with Gasteiger partial charge in [-0.3, -0.25) is 9.98 Å². The maximum absolute atomic E-state index is 6.40. The predicted octanol–water partition coefficient (Wildman–Crippen LogP) is 4.60. The molecule has 24 heavy (non-hydrogen) atoms. The van der Waals surface area contributed by atoms with Gasteiger partial charge in [0.2, 0.25) is 0 Å². The average molecular weight is 341 g/mol. The number of halogens is 1. The van der Waals surface area contributed by atoms with Crippen LogP contribution in [0.5, 0.6) is 0 Å². The highest BCUT2D eigenvalue weighted by atomic mass is 35.5. The van der Waals surface area contributed by atoms with Crippen LogP contribution in [0, 0.1) is 13.8 Å². The number of pyridine rings is 2. The summed E-state index contributed by atoms with van der Waals surface area (Å²) in [6.07, 6.45) is 4.47. The summed E-state index contributed by atoms with van der Waals surface area (Å²) in [5.74, 6) is 0.915. The van der Waals surface area contributed by atoms with Crippen LogP contribution in [0.3, 0.4) is 0 Å². The standard InChI is InChI=1S/C19H21ClN4/c1-12-7-13(2)19(23-9-12)15-8-18(22-10-16(15)20)24-6-5-17(21-4)14(3)11-24/h7-10H,4-6,11H2,1-3H3. The highest BCUT2D eigenvalue weighted by Crippen LogP contribution is 2.32. The van der Waals surface area contributed by atoms with Crippen LogP contribution in [-0.4, -0.2) is 29.8 Å². The maximum atomic E-state index is 6.40. The zero-order valence-corrected chi connectivity index (χ0v) is 15.1. The summed E-state index contributed by atoms with van der Waals surface area (Å²) < 4.78 is 0. The fourth-order valence-electron chi connectivity index (χ4n) is 3.10. The highest BCUT2D eigenvalue weighted by Gasteiger charge is 2.19. The van der Waals surface area contributed by atoms with Gasteiger partial charge in [-0.05, 0) is 50.3 Å². The molecule has 0 N–H and O–H groups in total. The lowest BCUT2D eigenvalue weighted by molar-refractivity contribution is 0.741. The first-order chi connectivity index (χ1) is 11.5. The first kappa shape index (κ1) is 16.7. The van der Waals surface area contributed by atoms with E-state index >= 15 is 0 Å². The Bertz CT molecular complexity index is 826. The number of hydrogen-bond donors (Lipinski definition) is 0. The number of hydrogen-bond acceptors (Lipinski definition) is 4. The fourth-order valence-corrected chi connectivity index (χ4v) is 3.29. The Kier molecular flexibility index (Phi) is 4.67. The average Bonchev–Trinajstić information content (AvgIpc) is 2.56. The van der Waals surface area contributed by atoms with E-state index in [1.165, 1.54) is 5.57 Å². The second kappa shape index (κ2) is 6.73. The summed E-state index contributed by atoms with van der Waals surface area (Å²) in [6, 6.07) is 4.15. The van der Waals surface area contributed by atoms with Crippen LogP contribution >= 0.6 is 11.6 Å². The summed E-state index contributed by atoms with van der Waals surface area (Å²) >= 11 is 6.40. The molecular formula is C19H21ClN4. The van der Waals surface area contributed by atoms with Crippen LogP contribution in [0.25, 0.3) is 11.3 Å². The molecule has 3 rings (SSSR count). The van der Waals surface area contributed by atoms with Gasteiger partial charge in [0, 0.05) is 43.2 Å². The molecule has 1 aliphatic rings. The van der Waals surface area contributed by atoms with Gasteiger partial charge in [0.25, 0.3) is 0 Å². The largest absolute Gasteiger partial charge is 0.352 e. The van der Waals surface area contributed by atoms with E-state index < -0.39 is 0 Å². The predicted molar refractivity (Wildman–Crippen MR) is 101 cm³/mol. The molecule has 0 amide bonds. The van der Waals surface area contributed by atoms with Crippen molar-refractivity contribution in [2.45, 2.75) is 27.2 Å². The van der Waals surface area contributed by atoms with Crippen molar-refractivity contribution in [2.75, 3.05) is 18.0 Å². The first-order valence-corrected chi connectivity index (χ1v) is 8.37. The van der Waals surface area contributed by atoms with Gasteiger partial charge in [-0.2, -0.15) is 0 Å². The van der Waals surface area contributed by atoms with Gasteiger partial charge in [-0.15, -0.1) is 0 Å². The number of aliphatic imine (C=N–C) groups is 1. The summed E-state index contributed by atoms with van der Waals surface area (Å²) in [7, 11) is 0. The van der Waals surface area contributed by atoms with Gasteiger partial charge < -0.3 is 4.90 Å². The third-order valence-electron chi connectivity index (χ3n) is 4.37. The molecule has 0 aliphatic carbocycles. The molecule has 2 aromatic rings. The third-order valence-corrected chi connectivity index (χ3v) is 4.67. The molecule has 0 spiro atoms.